The summed E-state index contributed by atoms with van der Waals surface area (Å²) in [5.41, 5.74) is 13.0. The summed E-state index contributed by atoms with van der Waals surface area (Å²) in [5, 5.41) is 7.60. The number of aliphatic carboxylic acids is 1. The average molecular weight is 236 g/mol. The van der Waals surface area contributed by atoms with Gasteiger partial charge in [-0.3, -0.25) is 9.59 Å². The summed E-state index contributed by atoms with van der Waals surface area (Å²) in [6, 6.07) is 5.75. The second-order valence-electron chi connectivity index (χ2n) is 3.80. The summed E-state index contributed by atoms with van der Waals surface area (Å²) >= 11 is 0. The molecule has 0 unspecified atom stereocenters. The van der Waals surface area contributed by atoms with Crippen molar-refractivity contribution >= 4 is 11.9 Å². The molecule has 0 bridgehead atoms. The number of amides is 1. The molecule has 0 heterocycles. The predicted octanol–water partition coefficient (Wildman–Crippen LogP) is 0.304. The Bertz CT molecular complexity index is 430. The summed E-state index contributed by atoms with van der Waals surface area (Å²) < 4.78 is 0. The van der Waals surface area contributed by atoms with Crippen LogP contribution in [0.4, 0.5) is 0 Å². The number of carboxylic acids is 1. The fourth-order valence-corrected chi connectivity index (χ4v) is 1.73. The van der Waals surface area contributed by atoms with E-state index in [0.717, 1.165) is 12.8 Å². The quantitative estimate of drug-likeness (QED) is 0.686. The Morgan fingerprint density at radius 2 is 1.82 bits per heavy atom. The van der Waals surface area contributed by atoms with E-state index >= 15 is 0 Å². The molecular weight excluding hydrogens is 220 g/mol. The second-order valence-corrected chi connectivity index (χ2v) is 3.80. The van der Waals surface area contributed by atoms with Crippen LogP contribution in [-0.2, 0) is 17.6 Å². The lowest BCUT2D eigenvalue weighted by Crippen LogP contribution is -2.11. The van der Waals surface area contributed by atoms with Gasteiger partial charge >= 0.3 is 5.97 Å². The summed E-state index contributed by atoms with van der Waals surface area (Å²) in [4.78, 5) is 20.1. The van der Waals surface area contributed by atoms with Crippen molar-refractivity contribution in [1.82, 2.24) is 0 Å². The van der Waals surface area contributed by atoms with E-state index in [4.69, 9.17) is 10.8 Å². The van der Waals surface area contributed by atoms with Gasteiger partial charge in [0.2, 0.25) is 5.91 Å². The molecule has 0 fully saturated rings. The van der Waals surface area contributed by atoms with Gasteiger partial charge in [-0.15, -0.1) is 0 Å². The van der Waals surface area contributed by atoms with Crippen LogP contribution >= 0.6 is 0 Å². The molecule has 5 N–H and O–H groups in total. The zero-order valence-corrected chi connectivity index (χ0v) is 9.48. The third-order valence-electron chi connectivity index (χ3n) is 2.56. The predicted molar refractivity (Wildman–Crippen MR) is 63.7 cm³/mol. The zero-order valence-electron chi connectivity index (χ0n) is 9.48. The number of hydrogen-bond donors (Lipinski definition) is 3. The van der Waals surface area contributed by atoms with Gasteiger partial charge in [-0.2, -0.15) is 0 Å². The van der Waals surface area contributed by atoms with E-state index in [1.54, 1.807) is 0 Å². The smallest absolute Gasteiger partial charge is 0.317 e. The lowest BCUT2D eigenvalue weighted by molar-refractivity contribution is -0.135. The van der Waals surface area contributed by atoms with Crippen LogP contribution in [0, 0.1) is 0 Å². The summed E-state index contributed by atoms with van der Waals surface area (Å²) in [6.07, 6.45) is 3.45. The van der Waals surface area contributed by atoms with Crippen LogP contribution in [0.2, 0.25) is 0 Å². The molecule has 0 radical (unpaired) electrons. The molecule has 0 atom stereocenters. The minimum absolute atomic E-state index is 0.278. The third kappa shape index (κ3) is 3.88. The van der Waals surface area contributed by atoms with Crippen LogP contribution in [0.1, 0.15) is 27.9 Å². The van der Waals surface area contributed by atoms with Crippen LogP contribution in [0.15, 0.2) is 18.2 Å². The highest BCUT2D eigenvalue weighted by molar-refractivity contribution is 5.93. The molecule has 2 rings (SSSR count). The number of aryl methyl sites for hydroxylation is 2. The first-order valence-electron chi connectivity index (χ1n) is 5.38. The first-order chi connectivity index (χ1) is 8.04. The summed E-state index contributed by atoms with van der Waals surface area (Å²) in [7, 11) is 0. The third-order valence-corrected chi connectivity index (χ3v) is 2.56. The molecule has 1 aliphatic carbocycles. The van der Waals surface area contributed by atoms with E-state index in [1.165, 1.54) is 17.5 Å². The van der Waals surface area contributed by atoms with Gasteiger partial charge in [-0.05, 0) is 42.5 Å². The van der Waals surface area contributed by atoms with Crippen LogP contribution in [0.3, 0.4) is 0 Å². The molecule has 92 valence electrons. The van der Waals surface area contributed by atoms with Crippen molar-refractivity contribution in [2.24, 2.45) is 11.5 Å². The van der Waals surface area contributed by atoms with Crippen LogP contribution in [-0.4, -0.2) is 23.5 Å². The average Bonchev–Trinajstić information content (AvgIpc) is 2.76. The van der Waals surface area contributed by atoms with Crippen LogP contribution in [0.25, 0.3) is 0 Å². The molecule has 5 nitrogen and oxygen atoms in total. The molecule has 0 aliphatic heterocycles. The Labute approximate surface area is 99.4 Å². The minimum Gasteiger partial charge on any atom is -0.480 e. The van der Waals surface area contributed by atoms with Gasteiger partial charge in [0.1, 0.15) is 0 Å². The van der Waals surface area contributed by atoms with Gasteiger partial charge in [0.05, 0.1) is 6.54 Å². The lowest BCUT2D eigenvalue weighted by atomic mass is 10.1. The van der Waals surface area contributed by atoms with E-state index in [9.17, 15) is 9.59 Å². The standard InChI is InChI=1S/C10H11NO.C2H5NO2/c11-10(12)9-5-4-7-2-1-3-8(7)6-9;3-1-2(4)5/h4-6H,1-3H2,(H2,11,12);1,3H2,(H,4,5). The number of hydrogen-bond acceptors (Lipinski definition) is 3. The highest BCUT2D eigenvalue weighted by Gasteiger charge is 2.11. The van der Waals surface area contributed by atoms with Crippen LogP contribution < -0.4 is 11.5 Å². The molecule has 0 aromatic heterocycles. The molecule has 1 aromatic rings. The fraction of sp³-hybridized carbons (Fsp3) is 0.333. The number of carbonyl (C=O) groups is 2. The zero-order chi connectivity index (χ0) is 12.8. The maximum Gasteiger partial charge on any atom is 0.317 e. The summed E-state index contributed by atoms with van der Waals surface area (Å²) in [5.74, 6) is -1.30. The van der Waals surface area contributed by atoms with Gasteiger partial charge < -0.3 is 16.6 Å². The van der Waals surface area contributed by atoms with E-state index in [-0.39, 0.29) is 12.5 Å². The molecular formula is C12H16N2O3. The molecule has 0 saturated carbocycles. The molecule has 1 amide bonds. The SMILES string of the molecule is NC(=O)c1ccc2c(c1)CCC2.NCC(=O)O. The van der Waals surface area contributed by atoms with E-state index in [1.807, 2.05) is 18.2 Å². The van der Waals surface area contributed by atoms with Gasteiger partial charge in [0, 0.05) is 5.56 Å². The molecule has 1 aromatic carbocycles. The second kappa shape index (κ2) is 6.00. The number of carbonyl (C=O) groups excluding carboxylic acids is 1. The van der Waals surface area contributed by atoms with Crippen molar-refractivity contribution in [2.45, 2.75) is 19.3 Å². The fourth-order valence-electron chi connectivity index (χ4n) is 1.73. The van der Waals surface area contributed by atoms with E-state index < -0.39 is 5.97 Å². The van der Waals surface area contributed by atoms with Crippen molar-refractivity contribution in [1.29, 1.82) is 0 Å². The first-order valence-corrected chi connectivity index (χ1v) is 5.38. The van der Waals surface area contributed by atoms with Crippen molar-refractivity contribution in [2.75, 3.05) is 6.54 Å². The topological polar surface area (TPSA) is 106 Å². The first kappa shape index (κ1) is 13.2. The molecule has 17 heavy (non-hydrogen) atoms. The van der Waals surface area contributed by atoms with Crippen molar-refractivity contribution in [3.8, 4) is 0 Å². The number of fused-ring (bicyclic) bond motifs is 1. The number of carboxylic acid groups (broad SMARTS) is 1. The largest absolute Gasteiger partial charge is 0.480 e. The number of nitrogens with two attached hydrogens (primary N) is 2. The maximum absolute atomic E-state index is 10.8. The monoisotopic (exact) mass is 236 g/mol. The van der Waals surface area contributed by atoms with Gasteiger partial charge in [0.15, 0.2) is 0 Å². The highest BCUT2D eigenvalue weighted by atomic mass is 16.4. The lowest BCUT2D eigenvalue weighted by Gasteiger charge is -2.00. The Morgan fingerprint density at radius 3 is 2.35 bits per heavy atom. The van der Waals surface area contributed by atoms with Crippen LogP contribution in [0.5, 0.6) is 0 Å². The number of rotatable bonds is 2. The van der Waals surface area contributed by atoms with Crippen molar-refractivity contribution in [3.63, 3.8) is 0 Å². The molecule has 5 heteroatoms. The van der Waals surface area contributed by atoms with E-state index in [0.29, 0.717) is 5.56 Å². The molecule has 0 spiro atoms. The Morgan fingerprint density at radius 1 is 1.24 bits per heavy atom. The van der Waals surface area contributed by atoms with Gasteiger partial charge in [-0.1, -0.05) is 6.07 Å². The van der Waals surface area contributed by atoms with E-state index in [2.05, 4.69) is 5.73 Å². The van der Waals surface area contributed by atoms with Gasteiger partial charge in [0.25, 0.3) is 0 Å². The summed E-state index contributed by atoms with van der Waals surface area (Å²) in [6.45, 7) is -0.278. The highest BCUT2D eigenvalue weighted by Crippen LogP contribution is 2.22. The Kier molecular flexibility index (Phi) is 4.66. The maximum atomic E-state index is 10.8. The minimum atomic E-state index is -0.968. The Hall–Kier alpha value is -1.88. The normalized spacial score (nSPS) is 12.3. The molecule has 0 saturated heterocycles. The number of primary amides is 1. The molecule has 1 aliphatic rings. The van der Waals surface area contributed by atoms with Crippen molar-refractivity contribution < 1.29 is 14.7 Å². The Balaban J connectivity index is 0.000000249. The number of benzene rings is 1. The van der Waals surface area contributed by atoms with Crippen molar-refractivity contribution in [3.05, 3.63) is 34.9 Å². The van der Waals surface area contributed by atoms with Gasteiger partial charge in [-0.25, -0.2) is 0 Å².